The van der Waals surface area contributed by atoms with Crippen molar-refractivity contribution in [3.63, 3.8) is 0 Å². The smallest absolute Gasteiger partial charge is 0.356 e. The van der Waals surface area contributed by atoms with Crippen LogP contribution in [-0.2, 0) is 7.05 Å². The van der Waals surface area contributed by atoms with Crippen LogP contribution in [0.4, 0.5) is 0 Å². The Morgan fingerprint density at radius 1 is 1.39 bits per heavy atom. The van der Waals surface area contributed by atoms with Gasteiger partial charge >= 0.3 is 5.97 Å². The minimum atomic E-state index is -1.14. The van der Waals surface area contributed by atoms with Crippen LogP contribution in [0.5, 0.6) is 5.75 Å². The number of aromatic nitrogens is 2. The monoisotopic (exact) mass is 246 g/mol. The molecule has 6 nitrogen and oxygen atoms in total. The molecule has 92 valence electrons. The molecule has 0 fully saturated rings. The fourth-order valence-corrected chi connectivity index (χ4v) is 1.70. The van der Waals surface area contributed by atoms with Crippen molar-refractivity contribution in [2.24, 2.45) is 7.05 Å². The molecule has 0 radical (unpaired) electrons. The van der Waals surface area contributed by atoms with Gasteiger partial charge in [-0.2, -0.15) is 5.10 Å². The predicted molar refractivity (Wildman–Crippen MR) is 62.7 cm³/mol. The van der Waals surface area contributed by atoms with Crippen molar-refractivity contribution >= 4 is 12.3 Å². The van der Waals surface area contributed by atoms with Gasteiger partial charge in [0.05, 0.1) is 5.69 Å². The molecule has 1 heterocycles. The molecule has 0 atom stereocenters. The second-order valence-corrected chi connectivity index (χ2v) is 3.73. The lowest BCUT2D eigenvalue weighted by Crippen LogP contribution is -1.99. The number of benzene rings is 1. The molecule has 6 heteroatoms. The van der Waals surface area contributed by atoms with Crippen LogP contribution in [0.15, 0.2) is 24.3 Å². The molecule has 0 bridgehead atoms. The number of carbonyl (C=O) groups excluding carboxylic acids is 1. The van der Waals surface area contributed by atoms with E-state index < -0.39 is 5.97 Å². The van der Waals surface area contributed by atoms with E-state index in [4.69, 9.17) is 5.11 Å². The standard InChI is InChI=1S/C12H10N2O4/c1-14-11(5-10(13-14)12(17)18)9-3-2-8(16)4-7(9)6-15/h2-6,16H,1H3,(H,17,18). The molecule has 0 saturated heterocycles. The Morgan fingerprint density at radius 3 is 2.67 bits per heavy atom. The van der Waals surface area contributed by atoms with Crippen LogP contribution >= 0.6 is 0 Å². The van der Waals surface area contributed by atoms with Gasteiger partial charge in [-0.3, -0.25) is 9.48 Å². The van der Waals surface area contributed by atoms with E-state index in [9.17, 15) is 14.7 Å². The number of aryl methyl sites for hydroxylation is 1. The molecule has 2 rings (SSSR count). The summed E-state index contributed by atoms with van der Waals surface area (Å²) < 4.78 is 1.38. The topological polar surface area (TPSA) is 92.4 Å². The highest BCUT2D eigenvalue weighted by atomic mass is 16.4. The molecule has 0 unspecified atom stereocenters. The summed E-state index contributed by atoms with van der Waals surface area (Å²) in [4.78, 5) is 21.8. The number of hydrogen-bond acceptors (Lipinski definition) is 4. The minimum Gasteiger partial charge on any atom is -0.508 e. The quantitative estimate of drug-likeness (QED) is 0.796. The average molecular weight is 246 g/mol. The molecular formula is C12H10N2O4. The largest absolute Gasteiger partial charge is 0.508 e. The Labute approximate surface area is 102 Å². The number of carbonyl (C=O) groups is 2. The van der Waals surface area contributed by atoms with Gasteiger partial charge in [0.25, 0.3) is 0 Å². The Balaban J connectivity index is 2.61. The second-order valence-electron chi connectivity index (χ2n) is 3.73. The van der Waals surface area contributed by atoms with Gasteiger partial charge in [0, 0.05) is 18.2 Å². The fraction of sp³-hybridized carbons (Fsp3) is 0.0833. The van der Waals surface area contributed by atoms with Crippen molar-refractivity contribution in [1.82, 2.24) is 9.78 Å². The Morgan fingerprint density at radius 2 is 2.11 bits per heavy atom. The van der Waals surface area contributed by atoms with E-state index in [1.165, 1.54) is 22.9 Å². The molecule has 1 aromatic carbocycles. The summed E-state index contributed by atoms with van der Waals surface area (Å²) >= 11 is 0. The third-order valence-electron chi connectivity index (χ3n) is 2.54. The lowest BCUT2D eigenvalue weighted by Gasteiger charge is -2.05. The zero-order chi connectivity index (χ0) is 13.3. The average Bonchev–Trinajstić information content (AvgIpc) is 2.71. The fourth-order valence-electron chi connectivity index (χ4n) is 1.70. The van der Waals surface area contributed by atoms with Crippen LogP contribution in [0.3, 0.4) is 0 Å². The molecule has 1 aromatic heterocycles. The first kappa shape index (κ1) is 11.8. The first-order valence-corrected chi connectivity index (χ1v) is 5.09. The summed E-state index contributed by atoms with van der Waals surface area (Å²) in [5, 5.41) is 22.0. The number of rotatable bonds is 3. The summed E-state index contributed by atoms with van der Waals surface area (Å²) in [6, 6.07) is 5.66. The van der Waals surface area contributed by atoms with Crippen LogP contribution in [0.1, 0.15) is 20.8 Å². The van der Waals surface area contributed by atoms with Crippen molar-refractivity contribution in [3.8, 4) is 17.0 Å². The van der Waals surface area contributed by atoms with Crippen molar-refractivity contribution in [2.45, 2.75) is 0 Å². The van der Waals surface area contributed by atoms with E-state index in [0.717, 1.165) is 0 Å². The van der Waals surface area contributed by atoms with Crippen LogP contribution in [0.2, 0.25) is 0 Å². The van der Waals surface area contributed by atoms with Crippen molar-refractivity contribution in [2.75, 3.05) is 0 Å². The van der Waals surface area contributed by atoms with Crippen LogP contribution in [-0.4, -0.2) is 32.2 Å². The third-order valence-corrected chi connectivity index (χ3v) is 2.54. The van der Waals surface area contributed by atoms with Gasteiger partial charge in [-0.25, -0.2) is 4.79 Å². The summed E-state index contributed by atoms with van der Waals surface area (Å²) in [7, 11) is 1.59. The summed E-state index contributed by atoms with van der Waals surface area (Å²) in [5.41, 5.74) is 1.19. The lowest BCUT2D eigenvalue weighted by molar-refractivity contribution is 0.0689. The number of phenols is 1. The zero-order valence-corrected chi connectivity index (χ0v) is 9.49. The van der Waals surface area contributed by atoms with Crippen LogP contribution < -0.4 is 0 Å². The first-order chi connectivity index (χ1) is 8.52. The number of nitrogens with zero attached hydrogens (tertiary/aromatic N) is 2. The normalized spacial score (nSPS) is 10.3. The molecule has 0 saturated carbocycles. The minimum absolute atomic E-state index is 0.0264. The predicted octanol–water partition coefficient (Wildman–Crippen LogP) is 1.30. The summed E-state index contributed by atoms with van der Waals surface area (Å²) in [6.45, 7) is 0. The number of carboxylic acid groups (broad SMARTS) is 1. The van der Waals surface area contributed by atoms with Crippen molar-refractivity contribution in [1.29, 1.82) is 0 Å². The Kier molecular flexibility index (Phi) is 2.85. The Hall–Kier alpha value is -2.63. The highest BCUT2D eigenvalue weighted by molar-refractivity contribution is 5.90. The van der Waals surface area contributed by atoms with Crippen molar-refractivity contribution < 1.29 is 19.8 Å². The van der Waals surface area contributed by atoms with E-state index in [1.54, 1.807) is 13.1 Å². The van der Waals surface area contributed by atoms with Gasteiger partial charge < -0.3 is 10.2 Å². The summed E-state index contributed by atoms with van der Waals surface area (Å²) in [6.07, 6.45) is 0.600. The SMILES string of the molecule is Cn1nc(C(=O)O)cc1-c1ccc(O)cc1C=O. The molecule has 0 spiro atoms. The molecule has 0 aliphatic rings. The molecule has 2 aromatic rings. The molecule has 0 aliphatic heterocycles. The number of hydrogen-bond donors (Lipinski definition) is 2. The van der Waals surface area contributed by atoms with Gasteiger partial charge in [-0.1, -0.05) is 0 Å². The van der Waals surface area contributed by atoms with Crippen LogP contribution in [0.25, 0.3) is 11.3 Å². The van der Waals surface area contributed by atoms with Gasteiger partial charge in [-0.15, -0.1) is 0 Å². The maximum absolute atomic E-state index is 10.9. The van der Waals surface area contributed by atoms with Gasteiger partial charge in [-0.05, 0) is 24.3 Å². The second kappa shape index (κ2) is 4.33. The maximum Gasteiger partial charge on any atom is 0.356 e. The number of aromatic hydroxyl groups is 1. The molecule has 0 aliphatic carbocycles. The van der Waals surface area contributed by atoms with E-state index in [2.05, 4.69) is 5.10 Å². The first-order valence-electron chi connectivity index (χ1n) is 5.09. The van der Waals surface area contributed by atoms with Crippen molar-refractivity contribution in [3.05, 3.63) is 35.5 Å². The van der Waals surface area contributed by atoms with Gasteiger partial charge in [0.1, 0.15) is 5.75 Å². The number of aromatic carboxylic acids is 1. The molecule has 18 heavy (non-hydrogen) atoms. The molecule has 0 amide bonds. The highest BCUT2D eigenvalue weighted by Gasteiger charge is 2.15. The highest BCUT2D eigenvalue weighted by Crippen LogP contribution is 2.26. The summed E-state index contributed by atoms with van der Waals surface area (Å²) in [5.74, 6) is -1.16. The number of aldehydes is 1. The maximum atomic E-state index is 10.9. The zero-order valence-electron chi connectivity index (χ0n) is 9.49. The lowest BCUT2D eigenvalue weighted by atomic mass is 10.0. The number of phenolic OH excluding ortho intramolecular Hbond substituents is 1. The van der Waals surface area contributed by atoms with E-state index >= 15 is 0 Å². The van der Waals surface area contributed by atoms with Gasteiger partial charge in [0.15, 0.2) is 12.0 Å². The van der Waals surface area contributed by atoms with Gasteiger partial charge in [0.2, 0.25) is 0 Å². The van der Waals surface area contributed by atoms with Crippen LogP contribution in [0, 0.1) is 0 Å². The molecule has 2 N–H and O–H groups in total. The molecular weight excluding hydrogens is 236 g/mol. The van der Waals surface area contributed by atoms with E-state index in [-0.39, 0.29) is 17.0 Å². The van der Waals surface area contributed by atoms with E-state index in [1.807, 2.05) is 0 Å². The third kappa shape index (κ3) is 1.95. The Bertz CT molecular complexity index is 631. The van der Waals surface area contributed by atoms with E-state index in [0.29, 0.717) is 17.5 Å². The number of carboxylic acids is 1.